The SMILES string of the molecule is Cc1nc(N2C[C@H]3CSC(NC(=O)c4ccccc4)=N[C@@]3(C3CCCCC3)C2)[nH]c(=O)c1F. The molecule has 7 nitrogen and oxygen atoms in total. The first-order valence-electron chi connectivity index (χ1n) is 11.6. The normalized spacial score (nSPS) is 25.5. The summed E-state index contributed by atoms with van der Waals surface area (Å²) in [5, 5.41) is 3.68. The molecule has 9 heteroatoms. The second-order valence-corrected chi connectivity index (χ2v) is 10.2. The lowest BCUT2D eigenvalue weighted by atomic mass is 9.70. The van der Waals surface area contributed by atoms with Crippen molar-refractivity contribution >= 4 is 28.8 Å². The van der Waals surface area contributed by atoms with Crippen LogP contribution in [-0.2, 0) is 0 Å². The summed E-state index contributed by atoms with van der Waals surface area (Å²) in [6.07, 6.45) is 5.80. The Morgan fingerprint density at radius 1 is 1.21 bits per heavy atom. The minimum atomic E-state index is -0.836. The standard InChI is InChI=1S/C24H28FN5O2S/c1-15-19(25)21(32)27-22(26-15)30-12-18-13-33-23(28-20(31)16-8-4-2-5-9-16)29-24(18,14-30)17-10-6-3-7-11-17/h2,4-5,8-9,17-18H,3,6-7,10-14H2,1H3,(H,26,27,32)(H,28,29,31)/t18-,24+/m0/s1. The number of amidine groups is 1. The smallest absolute Gasteiger partial charge is 0.288 e. The van der Waals surface area contributed by atoms with E-state index in [9.17, 15) is 14.0 Å². The number of carbonyl (C=O) groups excluding carboxylic acids is 1. The van der Waals surface area contributed by atoms with Gasteiger partial charge in [0.1, 0.15) is 0 Å². The van der Waals surface area contributed by atoms with Crippen LogP contribution in [0, 0.1) is 24.6 Å². The molecule has 1 aliphatic carbocycles. The molecular formula is C24H28FN5O2S. The molecule has 174 valence electrons. The molecule has 3 aliphatic rings. The molecule has 1 amide bonds. The van der Waals surface area contributed by atoms with Gasteiger partial charge in [-0.2, -0.15) is 4.39 Å². The van der Waals surface area contributed by atoms with E-state index in [0.29, 0.717) is 35.7 Å². The number of hydrogen-bond donors (Lipinski definition) is 2. The van der Waals surface area contributed by atoms with Gasteiger partial charge in [0.15, 0.2) is 5.17 Å². The van der Waals surface area contributed by atoms with Gasteiger partial charge < -0.3 is 10.2 Å². The number of aliphatic imine (C=N–C) groups is 1. The average Bonchev–Trinajstić information content (AvgIpc) is 3.23. The number of hydrogen-bond acceptors (Lipinski definition) is 6. The molecule has 0 unspecified atom stereocenters. The van der Waals surface area contributed by atoms with Crippen molar-refractivity contribution in [2.75, 3.05) is 23.7 Å². The quantitative estimate of drug-likeness (QED) is 0.718. The van der Waals surface area contributed by atoms with Gasteiger partial charge in [-0.3, -0.25) is 19.6 Å². The highest BCUT2D eigenvalue weighted by Gasteiger charge is 2.54. The van der Waals surface area contributed by atoms with Crippen LogP contribution in [0.2, 0.25) is 0 Å². The van der Waals surface area contributed by atoms with Crippen molar-refractivity contribution in [3.05, 3.63) is 57.8 Å². The number of anilines is 1. The molecule has 0 bridgehead atoms. The van der Waals surface area contributed by atoms with Gasteiger partial charge >= 0.3 is 0 Å². The summed E-state index contributed by atoms with van der Waals surface area (Å²) < 4.78 is 13.9. The number of aryl methyl sites for hydroxylation is 1. The Kier molecular flexibility index (Phi) is 5.99. The molecular weight excluding hydrogens is 441 g/mol. The van der Waals surface area contributed by atoms with Gasteiger partial charge in [0, 0.05) is 30.3 Å². The number of nitrogens with zero attached hydrogens (tertiary/aromatic N) is 3. The van der Waals surface area contributed by atoms with Crippen molar-refractivity contribution in [1.82, 2.24) is 15.3 Å². The molecule has 1 aromatic heterocycles. The van der Waals surface area contributed by atoms with Gasteiger partial charge in [0.25, 0.3) is 11.5 Å². The number of halogens is 1. The summed E-state index contributed by atoms with van der Waals surface area (Å²) >= 11 is 1.57. The third-order valence-corrected chi connectivity index (χ3v) is 8.24. The first-order valence-corrected chi connectivity index (χ1v) is 12.6. The van der Waals surface area contributed by atoms with Gasteiger partial charge in [-0.25, -0.2) is 4.98 Å². The minimum absolute atomic E-state index is 0.101. The molecule has 2 atom stereocenters. The highest BCUT2D eigenvalue weighted by Crippen LogP contribution is 2.48. The molecule has 33 heavy (non-hydrogen) atoms. The molecule has 1 aromatic carbocycles. The summed E-state index contributed by atoms with van der Waals surface area (Å²) in [4.78, 5) is 39.0. The molecule has 1 saturated heterocycles. The van der Waals surface area contributed by atoms with Gasteiger partial charge in [-0.1, -0.05) is 49.2 Å². The number of aromatic nitrogens is 2. The number of fused-ring (bicyclic) bond motifs is 1. The lowest BCUT2D eigenvalue weighted by molar-refractivity contribution is 0.0976. The molecule has 0 spiro atoms. The number of amides is 1. The molecule has 0 radical (unpaired) electrons. The van der Waals surface area contributed by atoms with E-state index in [0.717, 1.165) is 18.6 Å². The second-order valence-electron chi connectivity index (χ2n) is 9.24. The van der Waals surface area contributed by atoms with Crippen LogP contribution in [0.3, 0.4) is 0 Å². The largest absolute Gasteiger partial charge is 0.339 e. The van der Waals surface area contributed by atoms with E-state index in [1.165, 1.54) is 26.2 Å². The average molecular weight is 470 g/mol. The number of rotatable bonds is 3. The van der Waals surface area contributed by atoms with Gasteiger partial charge in [0.2, 0.25) is 11.8 Å². The van der Waals surface area contributed by atoms with Crippen molar-refractivity contribution in [2.45, 2.75) is 44.6 Å². The first kappa shape index (κ1) is 22.1. The summed E-state index contributed by atoms with van der Waals surface area (Å²) in [5.41, 5.74) is -0.394. The Hall–Kier alpha value is -2.68. The Bertz CT molecular complexity index is 1130. The number of carbonyl (C=O) groups is 1. The van der Waals surface area contributed by atoms with Crippen LogP contribution in [0.25, 0.3) is 0 Å². The van der Waals surface area contributed by atoms with Gasteiger partial charge in [0.05, 0.1) is 11.2 Å². The Labute approximate surface area is 196 Å². The fourth-order valence-corrected chi connectivity index (χ4v) is 6.65. The maximum Gasteiger partial charge on any atom is 0.288 e. The van der Waals surface area contributed by atoms with Crippen LogP contribution in [0.4, 0.5) is 10.3 Å². The molecule has 2 aromatic rings. The van der Waals surface area contributed by atoms with Crippen LogP contribution in [0.1, 0.15) is 48.2 Å². The van der Waals surface area contributed by atoms with Crippen LogP contribution < -0.4 is 15.8 Å². The monoisotopic (exact) mass is 469 g/mol. The van der Waals surface area contributed by atoms with E-state index in [1.807, 2.05) is 23.1 Å². The highest BCUT2D eigenvalue weighted by molar-refractivity contribution is 8.13. The van der Waals surface area contributed by atoms with Gasteiger partial charge in [-0.15, -0.1) is 0 Å². The molecule has 3 heterocycles. The van der Waals surface area contributed by atoms with Crippen LogP contribution in [0.15, 0.2) is 40.1 Å². The molecule has 2 aliphatic heterocycles. The molecule has 1 saturated carbocycles. The number of aromatic amines is 1. The van der Waals surface area contributed by atoms with Crippen LogP contribution in [0.5, 0.6) is 0 Å². The maximum atomic E-state index is 13.9. The Morgan fingerprint density at radius 3 is 2.70 bits per heavy atom. The summed E-state index contributed by atoms with van der Waals surface area (Å²) in [6, 6.07) is 9.16. The number of nitrogens with one attached hydrogen (secondary N) is 2. The molecule has 2 N–H and O–H groups in total. The van der Waals surface area contributed by atoms with Gasteiger partial charge in [-0.05, 0) is 37.8 Å². The molecule has 5 rings (SSSR count). The lowest BCUT2D eigenvalue weighted by Crippen LogP contribution is -2.50. The van der Waals surface area contributed by atoms with E-state index in [-0.39, 0.29) is 23.1 Å². The number of benzene rings is 1. The van der Waals surface area contributed by atoms with Crippen molar-refractivity contribution in [1.29, 1.82) is 0 Å². The fourth-order valence-electron chi connectivity index (χ4n) is 5.49. The van der Waals surface area contributed by atoms with Crippen molar-refractivity contribution < 1.29 is 9.18 Å². The van der Waals surface area contributed by atoms with Crippen molar-refractivity contribution in [3.8, 4) is 0 Å². The van der Waals surface area contributed by atoms with Crippen LogP contribution >= 0.6 is 11.8 Å². The van der Waals surface area contributed by atoms with Crippen molar-refractivity contribution in [3.63, 3.8) is 0 Å². The van der Waals surface area contributed by atoms with E-state index < -0.39 is 11.4 Å². The summed E-state index contributed by atoms with van der Waals surface area (Å²) in [5.74, 6) is 0.896. The van der Waals surface area contributed by atoms with E-state index in [4.69, 9.17) is 4.99 Å². The summed E-state index contributed by atoms with van der Waals surface area (Å²) in [7, 11) is 0. The fraction of sp³-hybridized carbons (Fsp3) is 0.500. The number of H-pyrrole nitrogens is 1. The highest BCUT2D eigenvalue weighted by atomic mass is 32.2. The topological polar surface area (TPSA) is 90.4 Å². The Balaban J connectivity index is 1.47. The second kappa shape index (κ2) is 8.93. The van der Waals surface area contributed by atoms with Crippen molar-refractivity contribution in [2.24, 2.45) is 16.8 Å². The number of thioether (sulfide) groups is 1. The molecule has 2 fully saturated rings. The third-order valence-electron chi connectivity index (χ3n) is 7.21. The van der Waals surface area contributed by atoms with E-state index in [1.54, 1.807) is 23.9 Å². The van der Waals surface area contributed by atoms with E-state index in [2.05, 4.69) is 15.3 Å². The Morgan fingerprint density at radius 2 is 1.97 bits per heavy atom. The maximum absolute atomic E-state index is 13.9. The predicted molar refractivity (Wildman–Crippen MR) is 128 cm³/mol. The zero-order valence-corrected chi connectivity index (χ0v) is 19.5. The first-order chi connectivity index (χ1) is 16.0. The van der Waals surface area contributed by atoms with Crippen LogP contribution in [-0.4, -0.2) is 45.4 Å². The van der Waals surface area contributed by atoms with E-state index >= 15 is 0 Å². The summed E-state index contributed by atoms with van der Waals surface area (Å²) in [6.45, 7) is 2.81. The minimum Gasteiger partial charge on any atom is -0.339 e. The predicted octanol–water partition coefficient (Wildman–Crippen LogP) is 3.51. The lowest BCUT2D eigenvalue weighted by Gasteiger charge is -2.43. The zero-order valence-electron chi connectivity index (χ0n) is 18.6. The zero-order chi connectivity index (χ0) is 23.0. The third kappa shape index (κ3) is 4.18.